The predicted molar refractivity (Wildman–Crippen MR) is 110 cm³/mol. The van der Waals surface area contributed by atoms with Crippen LogP contribution in [0.15, 0.2) is 29.6 Å². The normalized spacial score (nSPS) is 11.0. The number of carbonyl (C=O) groups excluding carboxylic acids is 2. The van der Waals surface area contributed by atoms with Crippen molar-refractivity contribution in [2.45, 2.75) is 34.2 Å². The Morgan fingerprint density at radius 3 is 2.54 bits per heavy atom. The van der Waals surface area contributed by atoms with Crippen LogP contribution in [0.1, 0.15) is 43.2 Å². The van der Waals surface area contributed by atoms with Crippen LogP contribution in [0.5, 0.6) is 0 Å². The van der Waals surface area contributed by atoms with Crippen molar-refractivity contribution >= 4 is 29.0 Å². The number of amides is 3. The third kappa shape index (κ3) is 6.60. The number of rotatable bonds is 8. The summed E-state index contributed by atoms with van der Waals surface area (Å²) in [6.45, 7) is 9.34. The molecule has 0 aliphatic rings. The number of hydrogen-bond acceptors (Lipinski definition) is 4. The van der Waals surface area contributed by atoms with Gasteiger partial charge in [-0.05, 0) is 24.0 Å². The van der Waals surface area contributed by atoms with Gasteiger partial charge in [0.2, 0.25) is 0 Å². The Morgan fingerprint density at radius 1 is 1.18 bits per heavy atom. The van der Waals surface area contributed by atoms with Gasteiger partial charge in [-0.2, -0.15) is 0 Å². The standard InChI is InChI=1S/C20H27FN4O2S/c1-13(2)9-22-19(26)17-12-28-18(23-17)11-25(10-14(3)4)20(27)24-16-8-6-5-7-15(16)21/h5-8,12-14H,9-11H2,1-4H3,(H,22,26)(H,24,27). The van der Waals surface area contributed by atoms with E-state index in [9.17, 15) is 14.0 Å². The van der Waals surface area contributed by atoms with Gasteiger partial charge in [-0.3, -0.25) is 4.79 Å². The van der Waals surface area contributed by atoms with Crippen molar-refractivity contribution in [1.29, 1.82) is 0 Å². The highest BCUT2D eigenvalue weighted by atomic mass is 32.1. The van der Waals surface area contributed by atoms with Gasteiger partial charge in [0.25, 0.3) is 5.91 Å². The number of aromatic nitrogens is 1. The summed E-state index contributed by atoms with van der Waals surface area (Å²) in [6, 6.07) is 5.64. The fourth-order valence-electron chi connectivity index (χ4n) is 2.46. The maximum Gasteiger partial charge on any atom is 0.322 e. The highest BCUT2D eigenvalue weighted by Gasteiger charge is 2.19. The zero-order valence-electron chi connectivity index (χ0n) is 16.7. The lowest BCUT2D eigenvalue weighted by Crippen LogP contribution is -2.37. The number of nitrogens with one attached hydrogen (secondary N) is 2. The van der Waals surface area contributed by atoms with Crippen molar-refractivity contribution in [1.82, 2.24) is 15.2 Å². The average Bonchev–Trinajstić information content (AvgIpc) is 3.09. The highest BCUT2D eigenvalue weighted by molar-refractivity contribution is 7.09. The van der Waals surface area contributed by atoms with Gasteiger partial charge < -0.3 is 15.5 Å². The molecule has 3 amide bonds. The van der Waals surface area contributed by atoms with Gasteiger partial charge in [0.15, 0.2) is 0 Å². The van der Waals surface area contributed by atoms with Gasteiger partial charge in [-0.25, -0.2) is 14.2 Å². The molecule has 0 saturated carbocycles. The summed E-state index contributed by atoms with van der Waals surface area (Å²) in [5.74, 6) is -0.132. The monoisotopic (exact) mass is 406 g/mol. The summed E-state index contributed by atoms with van der Waals surface area (Å²) in [7, 11) is 0. The molecular formula is C20H27FN4O2S. The van der Waals surface area contributed by atoms with Gasteiger partial charge in [0.05, 0.1) is 12.2 Å². The quantitative estimate of drug-likeness (QED) is 0.684. The molecule has 6 nitrogen and oxygen atoms in total. The molecule has 2 aromatic rings. The Kier molecular flexibility index (Phi) is 7.92. The number of halogens is 1. The second-order valence-corrected chi connectivity index (χ2v) is 8.36. The van der Waals surface area contributed by atoms with Crippen LogP contribution in [0, 0.1) is 17.7 Å². The van der Waals surface area contributed by atoms with Crippen LogP contribution in [-0.2, 0) is 6.54 Å². The maximum atomic E-state index is 13.8. The van der Waals surface area contributed by atoms with Crippen LogP contribution in [-0.4, -0.2) is 34.9 Å². The molecule has 152 valence electrons. The maximum absolute atomic E-state index is 13.8. The molecular weight excluding hydrogens is 379 g/mol. The van der Waals surface area contributed by atoms with E-state index in [4.69, 9.17) is 0 Å². The first kappa shape index (κ1) is 21.8. The first-order chi connectivity index (χ1) is 13.3. The van der Waals surface area contributed by atoms with Crippen LogP contribution >= 0.6 is 11.3 Å². The molecule has 0 unspecified atom stereocenters. The van der Waals surface area contributed by atoms with Crippen molar-refractivity contribution in [3.8, 4) is 0 Å². The van der Waals surface area contributed by atoms with E-state index >= 15 is 0 Å². The third-order valence-electron chi connectivity index (χ3n) is 3.77. The van der Waals surface area contributed by atoms with E-state index in [0.717, 1.165) is 0 Å². The number of carbonyl (C=O) groups is 2. The number of nitrogens with zero attached hydrogens (tertiary/aromatic N) is 2. The van der Waals surface area contributed by atoms with Crippen molar-refractivity contribution in [3.05, 3.63) is 46.2 Å². The van der Waals surface area contributed by atoms with E-state index in [2.05, 4.69) is 15.6 Å². The van der Waals surface area contributed by atoms with E-state index in [1.54, 1.807) is 22.4 Å². The molecule has 0 bridgehead atoms. The molecule has 1 aromatic heterocycles. The van der Waals surface area contributed by atoms with Crippen LogP contribution < -0.4 is 10.6 Å². The topological polar surface area (TPSA) is 74.3 Å². The summed E-state index contributed by atoms with van der Waals surface area (Å²) in [6.07, 6.45) is 0. The average molecular weight is 407 g/mol. The Balaban J connectivity index is 2.06. The summed E-state index contributed by atoms with van der Waals surface area (Å²) in [5.41, 5.74) is 0.480. The van der Waals surface area contributed by atoms with Gasteiger partial charge in [0.1, 0.15) is 16.5 Å². The Labute approximate surface area is 169 Å². The number of thiazole rings is 1. The van der Waals surface area contributed by atoms with Crippen LogP contribution in [0.4, 0.5) is 14.9 Å². The molecule has 2 rings (SSSR count). The summed E-state index contributed by atoms with van der Waals surface area (Å²) in [4.78, 5) is 30.7. The first-order valence-electron chi connectivity index (χ1n) is 9.29. The second-order valence-electron chi connectivity index (χ2n) is 7.41. The number of para-hydroxylation sites is 1. The Hall–Kier alpha value is -2.48. The summed E-state index contributed by atoms with van der Waals surface area (Å²) < 4.78 is 13.8. The molecule has 0 spiro atoms. The largest absolute Gasteiger partial charge is 0.350 e. The highest BCUT2D eigenvalue weighted by Crippen LogP contribution is 2.17. The molecule has 0 radical (unpaired) electrons. The number of urea groups is 1. The molecule has 1 aromatic carbocycles. The Bertz CT molecular complexity index is 807. The van der Waals surface area contributed by atoms with Crippen molar-refractivity contribution < 1.29 is 14.0 Å². The minimum atomic E-state index is -0.487. The van der Waals surface area contributed by atoms with E-state index in [1.807, 2.05) is 27.7 Å². The van der Waals surface area contributed by atoms with E-state index < -0.39 is 11.8 Å². The summed E-state index contributed by atoms with van der Waals surface area (Å²) >= 11 is 1.33. The minimum Gasteiger partial charge on any atom is -0.350 e. The molecule has 0 aliphatic heterocycles. The van der Waals surface area contributed by atoms with Gasteiger partial charge in [-0.15, -0.1) is 11.3 Å². The fourth-order valence-corrected chi connectivity index (χ4v) is 3.24. The van der Waals surface area contributed by atoms with E-state index in [-0.39, 0.29) is 24.1 Å². The molecule has 0 atom stereocenters. The van der Waals surface area contributed by atoms with E-state index in [1.165, 1.54) is 23.5 Å². The van der Waals surface area contributed by atoms with Gasteiger partial charge in [-0.1, -0.05) is 39.8 Å². The molecule has 0 saturated heterocycles. The molecule has 0 aliphatic carbocycles. The lowest BCUT2D eigenvalue weighted by molar-refractivity contribution is 0.0944. The number of hydrogen-bond donors (Lipinski definition) is 2. The lowest BCUT2D eigenvalue weighted by Gasteiger charge is -2.24. The molecule has 1 heterocycles. The van der Waals surface area contributed by atoms with Crippen molar-refractivity contribution in [3.63, 3.8) is 0 Å². The summed E-state index contributed by atoms with van der Waals surface area (Å²) in [5, 5.41) is 7.78. The number of benzene rings is 1. The van der Waals surface area contributed by atoms with Crippen LogP contribution in [0.25, 0.3) is 0 Å². The lowest BCUT2D eigenvalue weighted by atomic mass is 10.2. The first-order valence-corrected chi connectivity index (χ1v) is 10.2. The van der Waals surface area contributed by atoms with Gasteiger partial charge >= 0.3 is 6.03 Å². The van der Waals surface area contributed by atoms with Gasteiger partial charge in [0, 0.05) is 18.5 Å². The molecule has 0 fully saturated rings. The number of anilines is 1. The predicted octanol–water partition coefficient (Wildman–Crippen LogP) is 4.36. The molecule has 28 heavy (non-hydrogen) atoms. The Morgan fingerprint density at radius 2 is 1.89 bits per heavy atom. The van der Waals surface area contributed by atoms with Crippen molar-refractivity contribution in [2.75, 3.05) is 18.4 Å². The minimum absolute atomic E-state index is 0.133. The second kappa shape index (κ2) is 10.2. The molecule has 2 N–H and O–H groups in total. The zero-order chi connectivity index (χ0) is 20.7. The fraction of sp³-hybridized carbons (Fsp3) is 0.450. The molecule has 8 heteroatoms. The SMILES string of the molecule is CC(C)CNC(=O)c1csc(CN(CC(C)C)C(=O)Nc2ccccc2F)n1. The third-order valence-corrected chi connectivity index (χ3v) is 4.60. The van der Waals surface area contributed by atoms with Crippen LogP contribution in [0.3, 0.4) is 0 Å². The van der Waals surface area contributed by atoms with Crippen molar-refractivity contribution in [2.24, 2.45) is 11.8 Å². The van der Waals surface area contributed by atoms with E-state index in [0.29, 0.717) is 29.7 Å². The van der Waals surface area contributed by atoms with Crippen LogP contribution in [0.2, 0.25) is 0 Å². The zero-order valence-corrected chi connectivity index (χ0v) is 17.5. The smallest absolute Gasteiger partial charge is 0.322 e.